The van der Waals surface area contributed by atoms with E-state index in [9.17, 15) is 9.59 Å². The Hall–Kier alpha value is -1.10. The minimum atomic E-state index is -0.847. The summed E-state index contributed by atoms with van der Waals surface area (Å²) in [5.74, 6) is -0.971. The molecule has 0 radical (unpaired) electrons. The van der Waals surface area contributed by atoms with Crippen LogP contribution in [0.3, 0.4) is 0 Å². The number of carboxylic acid groups (broad SMARTS) is 1. The SMILES string of the molecule is CCC1CCC(C(=O)NC(C)(C)CCC(=O)O)O1. The third-order valence-electron chi connectivity index (χ3n) is 3.28. The molecule has 0 bridgehead atoms. The number of nitrogens with one attached hydrogen (secondary N) is 1. The van der Waals surface area contributed by atoms with Gasteiger partial charge >= 0.3 is 5.97 Å². The van der Waals surface area contributed by atoms with Crippen molar-refractivity contribution in [3.8, 4) is 0 Å². The molecule has 2 unspecified atom stereocenters. The number of carbonyl (C=O) groups is 2. The molecule has 5 heteroatoms. The molecule has 5 nitrogen and oxygen atoms in total. The highest BCUT2D eigenvalue weighted by Gasteiger charge is 2.32. The van der Waals surface area contributed by atoms with Crippen LogP contribution < -0.4 is 5.32 Å². The Morgan fingerprint density at radius 1 is 1.39 bits per heavy atom. The van der Waals surface area contributed by atoms with Gasteiger partial charge in [0.1, 0.15) is 6.10 Å². The van der Waals surface area contributed by atoms with Crippen molar-refractivity contribution in [3.05, 3.63) is 0 Å². The van der Waals surface area contributed by atoms with Crippen molar-refractivity contribution in [2.24, 2.45) is 0 Å². The molecule has 0 aromatic carbocycles. The topological polar surface area (TPSA) is 75.6 Å². The molecule has 1 rings (SSSR count). The minimum absolute atomic E-state index is 0.0520. The molecule has 2 N–H and O–H groups in total. The van der Waals surface area contributed by atoms with Gasteiger partial charge < -0.3 is 15.2 Å². The van der Waals surface area contributed by atoms with Gasteiger partial charge in [-0.3, -0.25) is 9.59 Å². The van der Waals surface area contributed by atoms with E-state index in [1.807, 2.05) is 20.8 Å². The van der Waals surface area contributed by atoms with Crippen molar-refractivity contribution in [3.63, 3.8) is 0 Å². The van der Waals surface area contributed by atoms with Crippen LogP contribution in [0.4, 0.5) is 0 Å². The highest BCUT2D eigenvalue weighted by molar-refractivity contribution is 5.81. The molecule has 1 fully saturated rings. The fourth-order valence-corrected chi connectivity index (χ4v) is 2.09. The summed E-state index contributed by atoms with van der Waals surface area (Å²) in [4.78, 5) is 22.5. The quantitative estimate of drug-likeness (QED) is 0.759. The van der Waals surface area contributed by atoms with Crippen molar-refractivity contribution in [1.82, 2.24) is 5.32 Å². The molecule has 104 valence electrons. The van der Waals surface area contributed by atoms with Gasteiger partial charge in [-0.05, 0) is 39.5 Å². The third-order valence-corrected chi connectivity index (χ3v) is 3.28. The summed E-state index contributed by atoms with van der Waals surface area (Å²) in [6.07, 6.45) is 2.87. The molecule has 0 aromatic rings. The first kappa shape index (κ1) is 15.0. The van der Waals surface area contributed by atoms with Crippen LogP contribution >= 0.6 is 0 Å². The summed E-state index contributed by atoms with van der Waals surface area (Å²) in [7, 11) is 0. The zero-order chi connectivity index (χ0) is 13.8. The molecule has 1 saturated heterocycles. The van der Waals surface area contributed by atoms with Gasteiger partial charge in [0.25, 0.3) is 0 Å². The zero-order valence-electron chi connectivity index (χ0n) is 11.4. The number of amides is 1. The molecule has 0 aromatic heterocycles. The summed E-state index contributed by atoms with van der Waals surface area (Å²) >= 11 is 0. The van der Waals surface area contributed by atoms with E-state index in [4.69, 9.17) is 9.84 Å². The maximum absolute atomic E-state index is 12.0. The average Bonchev–Trinajstić information content (AvgIpc) is 2.74. The molecule has 1 amide bonds. The lowest BCUT2D eigenvalue weighted by Gasteiger charge is -2.27. The highest BCUT2D eigenvalue weighted by atomic mass is 16.5. The van der Waals surface area contributed by atoms with Crippen molar-refractivity contribution in [2.45, 2.75) is 70.6 Å². The molecule has 1 aliphatic rings. The average molecular weight is 257 g/mol. The first-order chi connectivity index (χ1) is 8.34. The van der Waals surface area contributed by atoms with Gasteiger partial charge in [0, 0.05) is 12.0 Å². The van der Waals surface area contributed by atoms with Crippen molar-refractivity contribution in [1.29, 1.82) is 0 Å². The molecule has 1 aliphatic heterocycles. The number of carboxylic acids is 1. The molecular weight excluding hydrogens is 234 g/mol. The van der Waals surface area contributed by atoms with Crippen molar-refractivity contribution >= 4 is 11.9 Å². The Morgan fingerprint density at radius 3 is 2.56 bits per heavy atom. The first-order valence-electron chi connectivity index (χ1n) is 6.53. The van der Waals surface area contributed by atoms with E-state index in [0.717, 1.165) is 19.3 Å². The van der Waals surface area contributed by atoms with Gasteiger partial charge in [0.15, 0.2) is 0 Å². The second-order valence-electron chi connectivity index (χ2n) is 5.50. The van der Waals surface area contributed by atoms with E-state index in [1.165, 1.54) is 0 Å². The van der Waals surface area contributed by atoms with E-state index < -0.39 is 11.5 Å². The van der Waals surface area contributed by atoms with E-state index in [-0.39, 0.29) is 24.5 Å². The predicted molar refractivity (Wildman–Crippen MR) is 67.3 cm³/mol. The fourth-order valence-electron chi connectivity index (χ4n) is 2.09. The number of carbonyl (C=O) groups excluding carboxylic acids is 1. The second-order valence-corrected chi connectivity index (χ2v) is 5.50. The van der Waals surface area contributed by atoms with E-state index >= 15 is 0 Å². The summed E-state index contributed by atoms with van der Waals surface area (Å²) < 4.78 is 5.62. The van der Waals surface area contributed by atoms with Gasteiger partial charge in [0.05, 0.1) is 6.10 Å². The van der Waals surface area contributed by atoms with Crippen LogP contribution in [0.2, 0.25) is 0 Å². The number of hydrogen-bond donors (Lipinski definition) is 2. The number of aliphatic carboxylic acids is 1. The highest BCUT2D eigenvalue weighted by Crippen LogP contribution is 2.23. The third kappa shape index (κ3) is 4.64. The Morgan fingerprint density at radius 2 is 2.06 bits per heavy atom. The summed E-state index contributed by atoms with van der Waals surface area (Å²) in [5.41, 5.74) is -0.511. The largest absolute Gasteiger partial charge is 0.481 e. The molecule has 1 heterocycles. The Balaban J connectivity index is 2.41. The van der Waals surface area contributed by atoms with Crippen molar-refractivity contribution < 1.29 is 19.4 Å². The zero-order valence-corrected chi connectivity index (χ0v) is 11.4. The van der Waals surface area contributed by atoms with Crippen LogP contribution in [0.1, 0.15) is 52.9 Å². The Bertz CT molecular complexity index is 314. The predicted octanol–water partition coefficient (Wildman–Crippen LogP) is 1.70. The molecule has 0 aliphatic carbocycles. The second kappa shape index (κ2) is 6.18. The molecule has 0 saturated carbocycles. The first-order valence-corrected chi connectivity index (χ1v) is 6.53. The lowest BCUT2D eigenvalue weighted by Crippen LogP contribution is -2.48. The number of hydrogen-bond acceptors (Lipinski definition) is 3. The molecule has 2 atom stereocenters. The molecule has 18 heavy (non-hydrogen) atoms. The summed E-state index contributed by atoms with van der Waals surface area (Å²) in [5, 5.41) is 11.5. The fraction of sp³-hybridized carbons (Fsp3) is 0.846. The van der Waals surface area contributed by atoms with Crippen LogP contribution in [0.5, 0.6) is 0 Å². The van der Waals surface area contributed by atoms with Gasteiger partial charge in [-0.2, -0.15) is 0 Å². The molecule has 0 spiro atoms. The monoisotopic (exact) mass is 257 g/mol. The summed E-state index contributed by atoms with van der Waals surface area (Å²) in [6.45, 7) is 5.71. The minimum Gasteiger partial charge on any atom is -0.481 e. The lowest BCUT2D eigenvalue weighted by atomic mass is 9.98. The van der Waals surface area contributed by atoms with E-state index in [0.29, 0.717) is 6.42 Å². The van der Waals surface area contributed by atoms with Gasteiger partial charge in [-0.25, -0.2) is 0 Å². The van der Waals surface area contributed by atoms with Crippen LogP contribution in [0.25, 0.3) is 0 Å². The summed E-state index contributed by atoms with van der Waals surface area (Å²) in [6, 6.07) is 0. The van der Waals surface area contributed by atoms with Gasteiger partial charge in [-0.1, -0.05) is 6.92 Å². The van der Waals surface area contributed by atoms with Gasteiger partial charge in [0.2, 0.25) is 5.91 Å². The van der Waals surface area contributed by atoms with E-state index in [2.05, 4.69) is 5.32 Å². The van der Waals surface area contributed by atoms with Crippen LogP contribution in [-0.2, 0) is 14.3 Å². The normalized spacial score (nSPS) is 23.9. The maximum Gasteiger partial charge on any atom is 0.303 e. The number of rotatable bonds is 6. The molecular formula is C13H23NO4. The van der Waals surface area contributed by atoms with Crippen LogP contribution in [0.15, 0.2) is 0 Å². The smallest absolute Gasteiger partial charge is 0.303 e. The van der Waals surface area contributed by atoms with Gasteiger partial charge in [-0.15, -0.1) is 0 Å². The standard InChI is InChI=1S/C13H23NO4/c1-4-9-5-6-10(18-9)12(17)14-13(2,3)8-7-11(15)16/h9-10H,4-8H2,1-3H3,(H,14,17)(H,15,16). The maximum atomic E-state index is 12.0. The lowest BCUT2D eigenvalue weighted by molar-refractivity contribution is -0.138. The van der Waals surface area contributed by atoms with Crippen LogP contribution in [-0.4, -0.2) is 34.7 Å². The number of ether oxygens (including phenoxy) is 1. The van der Waals surface area contributed by atoms with E-state index in [1.54, 1.807) is 0 Å². The Kier molecular flexibility index (Phi) is 5.14. The Labute approximate surface area is 108 Å². The van der Waals surface area contributed by atoms with Crippen molar-refractivity contribution in [2.75, 3.05) is 0 Å². The van der Waals surface area contributed by atoms with Crippen LogP contribution in [0, 0.1) is 0 Å².